The number of piperidine rings is 1. The van der Waals surface area contributed by atoms with Crippen LogP contribution in [0, 0.1) is 5.92 Å². The van der Waals surface area contributed by atoms with Gasteiger partial charge in [0.2, 0.25) is 11.8 Å². The van der Waals surface area contributed by atoms with E-state index in [9.17, 15) is 23.2 Å². The van der Waals surface area contributed by atoms with Gasteiger partial charge in [-0.25, -0.2) is 22.9 Å². The molecule has 1 saturated heterocycles. The second-order valence-electron chi connectivity index (χ2n) is 9.05. The molecule has 2 amide bonds. The normalized spacial score (nSPS) is 13.7. The number of amides is 2. The summed E-state index contributed by atoms with van der Waals surface area (Å²) in [4.78, 5) is 38.1. The number of hydrogen-bond acceptors (Lipinski definition) is 8. The van der Waals surface area contributed by atoms with E-state index in [4.69, 9.17) is 9.47 Å². The Balaban J connectivity index is 0.00000150. The van der Waals surface area contributed by atoms with E-state index in [1.165, 1.54) is 0 Å². The van der Waals surface area contributed by atoms with Gasteiger partial charge in [-0.05, 0) is 57.2 Å². The van der Waals surface area contributed by atoms with Gasteiger partial charge >= 0.3 is 6.09 Å². The lowest BCUT2D eigenvalue weighted by Crippen LogP contribution is -2.36. The van der Waals surface area contributed by atoms with Crippen molar-refractivity contribution in [3.05, 3.63) is 30.5 Å². The van der Waals surface area contributed by atoms with Crippen LogP contribution in [0.2, 0.25) is 0 Å². The molecule has 0 radical (unpaired) electrons. The number of alkyl halides is 2. The second kappa shape index (κ2) is 18.5. The van der Waals surface area contributed by atoms with E-state index in [0.29, 0.717) is 11.5 Å². The van der Waals surface area contributed by atoms with Crippen LogP contribution in [0.5, 0.6) is 5.88 Å². The molecule has 2 N–H and O–H groups in total. The predicted molar refractivity (Wildman–Crippen MR) is 145 cm³/mol. The van der Waals surface area contributed by atoms with Crippen LogP contribution in [0.1, 0.15) is 54.4 Å². The zero-order valence-electron chi connectivity index (χ0n) is 23.4. The fourth-order valence-corrected chi connectivity index (χ4v) is 3.73. The van der Waals surface area contributed by atoms with Crippen molar-refractivity contribution < 1.29 is 32.6 Å². The highest BCUT2D eigenvalue weighted by Gasteiger charge is 2.24. The summed E-state index contributed by atoms with van der Waals surface area (Å²) >= 11 is 1.64. The molecule has 9 nitrogen and oxygen atoms in total. The van der Waals surface area contributed by atoms with Gasteiger partial charge in [-0.2, -0.15) is 0 Å². The number of ether oxygens (including phenoxy) is 2. The molecule has 0 aliphatic carbocycles. The Labute approximate surface area is 229 Å². The fraction of sp³-hybridized carbons (Fsp3) is 0.615. The Bertz CT molecular complexity index is 871. The third-order valence-corrected chi connectivity index (χ3v) is 5.70. The Morgan fingerprint density at radius 3 is 2.24 bits per heavy atom. The average molecular weight is 561 g/mol. The van der Waals surface area contributed by atoms with E-state index in [0.717, 1.165) is 37.8 Å². The van der Waals surface area contributed by atoms with Crippen LogP contribution in [0.4, 0.5) is 13.6 Å². The van der Waals surface area contributed by atoms with Gasteiger partial charge < -0.3 is 20.1 Å². The maximum atomic E-state index is 11.7. The Kier molecular flexibility index (Phi) is 17.2. The van der Waals surface area contributed by atoms with E-state index in [1.54, 1.807) is 25.2 Å². The number of halogens is 2. The van der Waals surface area contributed by atoms with E-state index in [1.807, 2.05) is 46.8 Å². The minimum Gasteiger partial charge on any atom is -0.473 e. The number of pyridine rings is 1. The molecule has 0 aromatic carbocycles. The first-order valence-corrected chi connectivity index (χ1v) is 13.2. The molecule has 0 unspecified atom stereocenters. The zero-order valence-corrected chi connectivity index (χ0v) is 24.3. The van der Waals surface area contributed by atoms with Gasteiger partial charge in [-0.15, -0.1) is 0 Å². The van der Waals surface area contributed by atoms with Crippen LogP contribution in [0.15, 0.2) is 35.4 Å². The van der Waals surface area contributed by atoms with Crippen LogP contribution in [0.25, 0.3) is 0 Å². The number of carbonyl (C=O) groups excluding carboxylic acids is 3. The van der Waals surface area contributed by atoms with E-state index in [-0.39, 0.29) is 25.0 Å². The molecule has 2 heterocycles. The largest absolute Gasteiger partial charge is 0.473 e. The zero-order chi connectivity index (χ0) is 29.3. The minimum absolute atomic E-state index is 0.110. The standard InChI is InChI=1S/C21H32N4O4S.C3H4F2O.C2H6/c1-15(12-24-20(27)29-21(2,3)4)14-28-18-7-6-17(13-23-18)30-25-10-8-16(9-11-25)19(26)22-5;1-2(6)3(4)5;1-2/h6-7,13,16H,1,8-12,14H2,2-5H3,(H,22,26)(H,24,27);3H,1H3;1-2H3. The molecule has 216 valence electrons. The topological polar surface area (TPSA) is 110 Å². The number of ketones is 1. The monoisotopic (exact) mass is 560 g/mol. The van der Waals surface area contributed by atoms with E-state index >= 15 is 0 Å². The molecule has 0 saturated carbocycles. The fourth-order valence-electron chi connectivity index (χ4n) is 2.81. The number of nitrogens with one attached hydrogen (secondary N) is 2. The number of rotatable bonds is 9. The Morgan fingerprint density at radius 2 is 1.79 bits per heavy atom. The Morgan fingerprint density at radius 1 is 1.21 bits per heavy atom. The number of carbonyl (C=O) groups is 3. The van der Waals surface area contributed by atoms with Crippen molar-refractivity contribution in [2.45, 2.75) is 71.3 Å². The van der Waals surface area contributed by atoms with Crippen molar-refractivity contribution in [3.8, 4) is 5.88 Å². The molecule has 1 aromatic heterocycles. The second-order valence-corrected chi connectivity index (χ2v) is 10.2. The lowest BCUT2D eigenvalue weighted by atomic mass is 9.97. The number of hydrogen-bond donors (Lipinski definition) is 2. The molecular weight excluding hydrogens is 518 g/mol. The van der Waals surface area contributed by atoms with Gasteiger partial charge in [0.1, 0.15) is 12.2 Å². The van der Waals surface area contributed by atoms with Crippen molar-refractivity contribution in [2.24, 2.45) is 5.92 Å². The first-order chi connectivity index (χ1) is 17.8. The molecule has 1 aliphatic rings. The molecule has 0 spiro atoms. The van der Waals surface area contributed by atoms with Crippen LogP contribution >= 0.6 is 11.9 Å². The first kappa shape index (κ1) is 35.3. The molecule has 1 aromatic rings. The molecule has 38 heavy (non-hydrogen) atoms. The van der Waals surface area contributed by atoms with Crippen molar-refractivity contribution in [1.29, 1.82) is 0 Å². The first-order valence-electron chi connectivity index (χ1n) is 12.5. The van der Waals surface area contributed by atoms with Crippen LogP contribution < -0.4 is 15.4 Å². The highest BCUT2D eigenvalue weighted by molar-refractivity contribution is 7.97. The minimum atomic E-state index is -2.79. The van der Waals surface area contributed by atoms with Crippen molar-refractivity contribution in [3.63, 3.8) is 0 Å². The van der Waals surface area contributed by atoms with Gasteiger partial charge in [0, 0.05) is 56.7 Å². The summed E-state index contributed by atoms with van der Waals surface area (Å²) in [5.74, 6) is -0.338. The van der Waals surface area contributed by atoms with Crippen molar-refractivity contribution in [1.82, 2.24) is 19.9 Å². The summed E-state index contributed by atoms with van der Waals surface area (Å²) in [6.07, 6.45) is 0.223. The summed E-state index contributed by atoms with van der Waals surface area (Å²) in [7, 11) is 1.69. The third-order valence-electron chi connectivity index (χ3n) is 4.63. The number of aromatic nitrogens is 1. The molecule has 12 heteroatoms. The highest BCUT2D eigenvalue weighted by Crippen LogP contribution is 2.28. The van der Waals surface area contributed by atoms with E-state index < -0.39 is 23.9 Å². The molecule has 0 atom stereocenters. The van der Waals surface area contributed by atoms with Crippen molar-refractivity contribution in [2.75, 3.05) is 33.3 Å². The lowest BCUT2D eigenvalue weighted by Gasteiger charge is -2.29. The number of nitrogens with zero attached hydrogens (tertiary/aromatic N) is 2. The van der Waals surface area contributed by atoms with Gasteiger partial charge in [0.05, 0.1) is 0 Å². The average Bonchev–Trinajstić information content (AvgIpc) is 2.87. The summed E-state index contributed by atoms with van der Waals surface area (Å²) < 4.78 is 34.7. The molecule has 0 bridgehead atoms. The third kappa shape index (κ3) is 16.2. The highest BCUT2D eigenvalue weighted by atomic mass is 32.2. The molecular formula is C26H42F2N4O5S. The van der Waals surface area contributed by atoms with Gasteiger partial charge in [-0.3, -0.25) is 9.59 Å². The van der Waals surface area contributed by atoms with Crippen LogP contribution in [-0.4, -0.2) is 72.4 Å². The van der Waals surface area contributed by atoms with Gasteiger partial charge in [0.25, 0.3) is 6.43 Å². The maximum Gasteiger partial charge on any atom is 0.407 e. The molecule has 1 aliphatic heterocycles. The number of Topliss-reactive ketones (excluding diaryl/α,β-unsaturated/α-hetero) is 1. The summed E-state index contributed by atoms with van der Waals surface area (Å²) in [6, 6.07) is 3.77. The summed E-state index contributed by atoms with van der Waals surface area (Å²) in [6.45, 7) is 16.4. The van der Waals surface area contributed by atoms with Gasteiger partial charge in [-0.1, -0.05) is 20.4 Å². The van der Waals surface area contributed by atoms with Gasteiger partial charge in [0.15, 0.2) is 5.78 Å². The van der Waals surface area contributed by atoms with E-state index in [2.05, 4.69) is 26.5 Å². The predicted octanol–water partition coefficient (Wildman–Crippen LogP) is 4.87. The maximum absolute atomic E-state index is 11.7. The smallest absolute Gasteiger partial charge is 0.407 e. The lowest BCUT2D eigenvalue weighted by molar-refractivity contribution is -0.127. The quantitative estimate of drug-likeness (QED) is 0.325. The SMILES string of the molecule is C=C(CNC(=O)OC(C)(C)C)COc1ccc(SN2CCC(C(=O)NC)CC2)cn1.CC.CC(=O)C(F)F. The van der Waals surface area contributed by atoms with Crippen molar-refractivity contribution >= 4 is 29.7 Å². The summed E-state index contributed by atoms with van der Waals surface area (Å²) in [5, 5.41) is 5.37. The number of alkyl carbamates (subject to hydrolysis) is 1. The summed E-state index contributed by atoms with van der Waals surface area (Å²) in [5.41, 5.74) is 0.172. The Hall–Kier alpha value is -2.73. The molecule has 2 rings (SSSR count). The van der Waals surface area contributed by atoms with Crippen LogP contribution in [0.3, 0.4) is 0 Å². The molecule has 1 fully saturated rings. The van der Waals surface area contributed by atoms with Crippen LogP contribution in [-0.2, 0) is 14.3 Å².